The highest BCUT2D eigenvalue weighted by Crippen LogP contribution is 2.42. The Balaban J connectivity index is 1.65. The van der Waals surface area contributed by atoms with Crippen LogP contribution in [0.5, 0.6) is 23.3 Å². The molecular weight excluding hydrogens is 1030 g/mol. The van der Waals surface area contributed by atoms with E-state index in [0.29, 0.717) is 21.6 Å². The van der Waals surface area contributed by atoms with Crippen LogP contribution in [0, 0.1) is 20.2 Å². The lowest BCUT2D eigenvalue weighted by atomic mass is 10.1. The first kappa shape index (κ1) is 52.8. The van der Waals surface area contributed by atoms with Crippen molar-refractivity contribution in [3.63, 3.8) is 0 Å². The molecule has 0 spiro atoms. The standard InChI is InChI=1S/C40H38Cl8N4O9S2/c1-3-17-62-35-7-5-29(51(53)54)39(49-35)60-31(37-25(41)19-23(20-26(37)42)58-15-11-33(45)46)9-13-57-14-10-32(38-27(43)21-24(22-28(38)44)59-16-12-34(47)48)61-40-30(52(55)56)6-8-36(50-40)63-18-4-2/h5-8,11-12,19-22,31-32H,3-4,9-10,13-18H2,1-2H3. The minimum absolute atomic E-state index is 0.00814. The van der Waals surface area contributed by atoms with E-state index in [-0.39, 0.29) is 103 Å². The van der Waals surface area contributed by atoms with E-state index in [1.807, 2.05) is 13.8 Å². The smallest absolute Gasteiger partial charge is 0.331 e. The fourth-order valence-corrected chi connectivity index (χ4v) is 8.56. The molecule has 0 saturated heterocycles. The molecule has 2 aromatic heterocycles. The average Bonchev–Trinajstić information content (AvgIpc) is 3.21. The Morgan fingerprint density at radius 3 is 1.33 bits per heavy atom. The molecule has 13 nitrogen and oxygen atoms in total. The van der Waals surface area contributed by atoms with Crippen LogP contribution in [-0.4, -0.2) is 57.7 Å². The molecule has 0 fully saturated rings. The molecule has 0 saturated carbocycles. The highest BCUT2D eigenvalue weighted by molar-refractivity contribution is 7.99. The predicted molar refractivity (Wildman–Crippen MR) is 254 cm³/mol. The van der Waals surface area contributed by atoms with Gasteiger partial charge >= 0.3 is 11.4 Å². The quantitative estimate of drug-likeness (QED) is 0.0253. The average molecular weight is 1070 g/mol. The van der Waals surface area contributed by atoms with E-state index in [0.717, 1.165) is 24.3 Å². The van der Waals surface area contributed by atoms with Crippen molar-refractivity contribution in [1.82, 2.24) is 9.97 Å². The minimum Gasteiger partial charge on any atom is -0.489 e. The lowest BCUT2D eigenvalue weighted by Gasteiger charge is -2.23. The molecule has 2 heterocycles. The summed E-state index contributed by atoms with van der Waals surface area (Å²) in [5.41, 5.74) is -0.174. The molecule has 2 atom stereocenters. The van der Waals surface area contributed by atoms with Crippen LogP contribution in [0.25, 0.3) is 0 Å². The minimum atomic E-state index is -1.03. The number of aromatic nitrogens is 2. The van der Waals surface area contributed by atoms with Crippen molar-refractivity contribution in [3.05, 3.63) is 121 Å². The van der Waals surface area contributed by atoms with Gasteiger partial charge < -0.3 is 23.7 Å². The Morgan fingerprint density at radius 2 is 1.02 bits per heavy atom. The van der Waals surface area contributed by atoms with Crippen LogP contribution in [-0.2, 0) is 4.74 Å². The predicted octanol–water partition coefficient (Wildman–Crippen LogP) is 15.0. The summed E-state index contributed by atoms with van der Waals surface area (Å²) in [5, 5.41) is 25.8. The first-order chi connectivity index (χ1) is 30.1. The van der Waals surface area contributed by atoms with E-state index in [1.165, 1.54) is 72.1 Å². The van der Waals surface area contributed by atoms with Crippen LogP contribution in [0.1, 0.15) is 62.9 Å². The third-order valence-corrected chi connectivity index (χ3v) is 12.4. The van der Waals surface area contributed by atoms with Gasteiger partial charge in [0.2, 0.25) is 0 Å². The Labute approximate surface area is 412 Å². The summed E-state index contributed by atoms with van der Waals surface area (Å²) in [5.74, 6) is 1.53. The monoisotopic (exact) mass is 1060 g/mol. The largest absolute Gasteiger partial charge is 0.489 e. The zero-order valence-corrected chi connectivity index (χ0v) is 41.0. The van der Waals surface area contributed by atoms with Crippen molar-refractivity contribution in [2.75, 3.05) is 37.9 Å². The van der Waals surface area contributed by atoms with E-state index in [1.54, 1.807) is 12.1 Å². The number of rotatable bonds is 26. The topological polar surface area (TPSA) is 158 Å². The number of benzene rings is 2. The van der Waals surface area contributed by atoms with Crippen molar-refractivity contribution in [1.29, 1.82) is 0 Å². The van der Waals surface area contributed by atoms with Crippen LogP contribution < -0.4 is 18.9 Å². The fourth-order valence-electron chi connectivity index (χ4n) is 5.44. The number of hydrogen-bond donors (Lipinski definition) is 0. The maximum absolute atomic E-state index is 12.1. The first-order valence-electron chi connectivity index (χ1n) is 18.8. The zero-order chi connectivity index (χ0) is 46.1. The molecular formula is C40H38Cl8N4O9S2. The second kappa shape index (κ2) is 27.0. The molecule has 4 rings (SSSR count). The van der Waals surface area contributed by atoms with E-state index >= 15 is 0 Å². The van der Waals surface area contributed by atoms with Gasteiger partial charge in [0.15, 0.2) is 0 Å². The zero-order valence-electron chi connectivity index (χ0n) is 33.3. The number of hydrogen-bond acceptors (Lipinski definition) is 13. The maximum atomic E-state index is 12.1. The molecule has 0 bridgehead atoms. The Hall–Kier alpha value is -2.80. The van der Waals surface area contributed by atoms with E-state index in [4.69, 9.17) is 116 Å². The highest BCUT2D eigenvalue weighted by atomic mass is 35.5. The Morgan fingerprint density at radius 1 is 0.651 bits per heavy atom. The van der Waals surface area contributed by atoms with E-state index in [9.17, 15) is 20.2 Å². The molecule has 0 aliphatic carbocycles. The van der Waals surface area contributed by atoms with Gasteiger partial charge in [-0.2, -0.15) is 0 Å². The van der Waals surface area contributed by atoms with Crippen LogP contribution >= 0.6 is 116 Å². The summed E-state index contributed by atoms with van der Waals surface area (Å²) < 4.78 is 30.1. The van der Waals surface area contributed by atoms with Gasteiger partial charge in [0.05, 0.1) is 43.2 Å². The van der Waals surface area contributed by atoms with Gasteiger partial charge in [-0.15, -0.1) is 23.5 Å². The highest BCUT2D eigenvalue weighted by Gasteiger charge is 2.29. The van der Waals surface area contributed by atoms with Crippen molar-refractivity contribution in [2.24, 2.45) is 0 Å². The third-order valence-electron chi connectivity index (χ3n) is 8.21. The summed E-state index contributed by atoms with van der Waals surface area (Å²) in [4.78, 5) is 32.0. The van der Waals surface area contributed by atoms with Gasteiger partial charge in [-0.3, -0.25) is 20.2 Å². The van der Waals surface area contributed by atoms with Crippen molar-refractivity contribution >= 4 is 128 Å². The number of ether oxygens (including phenoxy) is 5. The lowest BCUT2D eigenvalue weighted by molar-refractivity contribution is -0.386. The van der Waals surface area contributed by atoms with Crippen molar-refractivity contribution in [3.8, 4) is 23.3 Å². The molecule has 340 valence electrons. The van der Waals surface area contributed by atoms with Crippen molar-refractivity contribution < 1.29 is 33.5 Å². The van der Waals surface area contributed by atoms with Gasteiger partial charge in [0.25, 0.3) is 11.8 Å². The van der Waals surface area contributed by atoms with Gasteiger partial charge in [0.1, 0.15) is 56.0 Å². The second-order valence-electron chi connectivity index (χ2n) is 12.8. The summed E-state index contributed by atoms with van der Waals surface area (Å²) in [6.45, 7) is 4.00. The summed E-state index contributed by atoms with van der Waals surface area (Å²) in [7, 11) is 0. The van der Waals surface area contributed by atoms with E-state index in [2.05, 4.69) is 9.97 Å². The molecule has 2 unspecified atom stereocenters. The molecule has 0 N–H and O–H groups in total. The lowest BCUT2D eigenvalue weighted by Crippen LogP contribution is -2.17. The Kier molecular flexibility index (Phi) is 22.6. The molecule has 23 heteroatoms. The van der Waals surface area contributed by atoms with Crippen LogP contribution in [0.3, 0.4) is 0 Å². The number of nitrogens with zero attached hydrogens (tertiary/aromatic N) is 4. The third kappa shape index (κ3) is 16.9. The summed E-state index contributed by atoms with van der Waals surface area (Å²) in [6, 6.07) is 11.8. The fraction of sp³-hybridized carbons (Fsp3) is 0.350. The van der Waals surface area contributed by atoms with Crippen molar-refractivity contribution in [2.45, 2.75) is 61.8 Å². The van der Waals surface area contributed by atoms with Crippen LogP contribution in [0.4, 0.5) is 11.4 Å². The molecule has 4 aromatic rings. The molecule has 0 radical (unpaired) electrons. The number of nitro groups is 2. The van der Waals surface area contributed by atoms with Gasteiger partial charge in [-0.1, -0.05) is 107 Å². The number of halogens is 8. The summed E-state index contributed by atoms with van der Waals surface area (Å²) in [6.07, 6.45) is 2.59. The summed E-state index contributed by atoms with van der Waals surface area (Å²) >= 11 is 52.8. The second-order valence-corrected chi connectivity index (χ2v) is 18.6. The molecule has 2 aromatic carbocycles. The van der Waals surface area contributed by atoms with Crippen LogP contribution in [0.2, 0.25) is 20.1 Å². The first-order valence-corrected chi connectivity index (χ1v) is 23.8. The Bertz CT molecular complexity index is 2070. The number of pyridine rings is 2. The molecule has 0 aliphatic rings. The molecule has 0 aliphatic heterocycles. The normalized spacial score (nSPS) is 12.0. The maximum Gasteiger partial charge on any atom is 0.331 e. The van der Waals surface area contributed by atoms with Crippen LogP contribution in [0.15, 0.2) is 79.7 Å². The van der Waals surface area contributed by atoms with Gasteiger partial charge in [-0.05, 0) is 72.9 Å². The van der Waals surface area contributed by atoms with Gasteiger partial charge in [-0.25, -0.2) is 9.97 Å². The molecule has 63 heavy (non-hydrogen) atoms. The van der Waals surface area contributed by atoms with Gasteiger partial charge in [0, 0.05) is 36.1 Å². The molecule has 0 amide bonds. The number of thioether (sulfide) groups is 2. The van der Waals surface area contributed by atoms with E-state index < -0.39 is 22.1 Å². The SMILES string of the molecule is CCCSc1ccc([N+](=O)[O-])c(OC(CCOCCC(Oc2nc(SCCC)ccc2[N+](=O)[O-])c2c(Cl)cc(OCC=C(Cl)Cl)cc2Cl)c2c(Cl)cc(OCC=C(Cl)Cl)cc2Cl)n1.